The molecule has 1 fully saturated rings. The van der Waals surface area contributed by atoms with Crippen LogP contribution in [-0.4, -0.2) is 49.8 Å². The number of amides is 2. The number of anilines is 1. The first-order valence-corrected chi connectivity index (χ1v) is 16.0. The lowest BCUT2D eigenvalue weighted by atomic mass is 10.0. The van der Waals surface area contributed by atoms with Gasteiger partial charge in [0.15, 0.2) is 11.0 Å². The zero-order valence-electron chi connectivity index (χ0n) is 26.1. The van der Waals surface area contributed by atoms with Crippen LogP contribution in [-0.2, 0) is 12.8 Å². The quantitative estimate of drug-likeness (QED) is 0.178. The van der Waals surface area contributed by atoms with Gasteiger partial charge in [-0.1, -0.05) is 61.5 Å². The van der Waals surface area contributed by atoms with Crippen molar-refractivity contribution in [2.45, 2.75) is 65.8 Å². The number of ether oxygens (including phenoxy) is 1. The molecule has 4 aromatic rings. The van der Waals surface area contributed by atoms with Crippen LogP contribution in [0.3, 0.4) is 0 Å². The number of urea groups is 1. The van der Waals surface area contributed by atoms with E-state index in [1.165, 1.54) is 46.4 Å². The Labute approximate surface area is 270 Å². The number of alkyl halides is 3. The Kier molecular flexibility index (Phi) is 10.3. The lowest BCUT2D eigenvalue weighted by Gasteiger charge is -2.37. The smallest absolute Gasteiger partial charge is 0.406 e. The highest BCUT2D eigenvalue weighted by atomic mass is 32.2. The van der Waals surface area contributed by atoms with Crippen LogP contribution >= 0.6 is 11.8 Å². The Morgan fingerprint density at radius 3 is 2.52 bits per heavy atom. The van der Waals surface area contributed by atoms with Gasteiger partial charge >= 0.3 is 12.4 Å². The maximum Gasteiger partial charge on any atom is 0.573 e. The van der Waals surface area contributed by atoms with E-state index in [1.54, 1.807) is 11.8 Å². The van der Waals surface area contributed by atoms with Gasteiger partial charge in [-0.3, -0.25) is 0 Å². The summed E-state index contributed by atoms with van der Waals surface area (Å²) in [6.45, 7) is 8.23. The van der Waals surface area contributed by atoms with Gasteiger partial charge < -0.3 is 9.64 Å². The van der Waals surface area contributed by atoms with Crippen LogP contribution in [0.4, 0.5) is 23.7 Å². The summed E-state index contributed by atoms with van der Waals surface area (Å²) >= 11 is 1.59. The molecule has 1 atom stereocenters. The monoisotopic (exact) mass is 648 g/mol. The number of halogens is 3. The number of amidine groups is 1. The lowest BCUT2D eigenvalue weighted by Crippen LogP contribution is -2.42. The van der Waals surface area contributed by atoms with Crippen molar-refractivity contribution in [3.63, 3.8) is 0 Å². The second kappa shape index (κ2) is 14.3. The van der Waals surface area contributed by atoms with Gasteiger partial charge in [0, 0.05) is 35.2 Å². The van der Waals surface area contributed by atoms with Gasteiger partial charge in [-0.15, -0.1) is 18.3 Å². The third kappa shape index (κ3) is 8.42. The van der Waals surface area contributed by atoms with Crippen LogP contribution in [0.1, 0.15) is 50.3 Å². The molecule has 8 nitrogen and oxygen atoms in total. The van der Waals surface area contributed by atoms with Crippen molar-refractivity contribution < 1.29 is 22.7 Å². The molecule has 1 aromatic heterocycles. The van der Waals surface area contributed by atoms with E-state index < -0.39 is 12.4 Å². The van der Waals surface area contributed by atoms with E-state index in [0.29, 0.717) is 28.8 Å². The average molecular weight is 649 g/mol. The second-order valence-corrected chi connectivity index (χ2v) is 12.3. The van der Waals surface area contributed by atoms with Crippen LogP contribution in [0.25, 0.3) is 17.1 Å². The molecule has 1 saturated heterocycles. The van der Waals surface area contributed by atoms with E-state index in [1.807, 2.05) is 31.2 Å². The summed E-state index contributed by atoms with van der Waals surface area (Å²) in [4.78, 5) is 28.3. The molecule has 1 aliphatic heterocycles. The Hall–Kier alpha value is -4.45. The highest BCUT2D eigenvalue weighted by Crippen LogP contribution is 2.33. The largest absolute Gasteiger partial charge is 0.573 e. The molecule has 2 heterocycles. The van der Waals surface area contributed by atoms with Crippen molar-refractivity contribution in [1.29, 1.82) is 0 Å². The standard InChI is InChI=1S/C34H35F3N6O2S/c1-5-6-26-10-7-22(2)19-30(26)43-24(4)17-18-46-33(43)40-32(44)39-23(3)20-25-8-11-27(12-9-25)31-38-21-42(41-31)28-13-15-29(16-14-28)45-34(35,36)37/h7-16,19,21,24H,5-6,17-18,20H2,1-4H3. The van der Waals surface area contributed by atoms with E-state index in [9.17, 15) is 18.0 Å². The minimum absolute atomic E-state index is 0.216. The van der Waals surface area contributed by atoms with Gasteiger partial charge in [-0.05, 0) is 80.6 Å². The first kappa shape index (κ1) is 32.9. The number of aromatic nitrogens is 3. The van der Waals surface area contributed by atoms with Gasteiger partial charge in [-0.2, -0.15) is 4.99 Å². The normalized spacial score (nSPS) is 16.6. The van der Waals surface area contributed by atoms with Crippen LogP contribution < -0.4 is 9.64 Å². The Balaban J connectivity index is 1.25. The van der Waals surface area contributed by atoms with Gasteiger partial charge in [0.2, 0.25) is 0 Å². The van der Waals surface area contributed by atoms with Crippen LogP contribution in [0.5, 0.6) is 5.75 Å². The molecular weight excluding hydrogens is 613 g/mol. The van der Waals surface area contributed by atoms with E-state index in [-0.39, 0.29) is 11.8 Å². The SMILES string of the molecule is CCCc1ccc(C)cc1N1C(=NC(=O)N=C(C)Cc2ccc(-c3ncn(-c4ccc(OC(F)(F)F)cc4)n3)cc2)SCCC1C. The minimum Gasteiger partial charge on any atom is -0.406 e. The molecule has 5 rings (SSSR count). The van der Waals surface area contributed by atoms with Crippen LogP contribution in [0.15, 0.2) is 83.0 Å². The zero-order valence-corrected chi connectivity index (χ0v) is 26.9. The number of hydrogen-bond acceptors (Lipinski definition) is 5. The fraction of sp³-hybridized carbons (Fsp3) is 0.324. The van der Waals surface area contributed by atoms with Crippen molar-refractivity contribution in [3.05, 3.63) is 89.7 Å². The third-order valence-electron chi connectivity index (χ3n) is 7.41. The topological polar surface area (TPSA) is 85.0 Å². The van der Waals surface area contributed by atoms with Crippen molar-refractivity contribution in [2.24, 2.45) is 9.98 Å². The van der Waals surface area contributed by atoms with Gasteiger partial charge in [0.1, 0.15) is 12.1 Å². The van der Waals surface area contributed by atoms with E-state index >= 15 is 0 Å². The van der Waals surface area contributed by atoms with Gasteiger partial charge in [-0.25, -0.2) is 19.5 Å². The molecule has 0 bridgehead atoms. The Morgan fingerprint density at radius 1 is 1.09 bits per heavy atom. The summed E-state index contributed by atoms with van der Waals surface area (Å²) in [5.74, 6) is 1.04. The third-order valence-corrected chi connectivity index (χ3v) is 8.40. The molecule has 3 aromatic carbocycles. The van der Waals surface area contributed by atoms with Crippen molar-refractivity contribution >= 4 is 34.4 Å². The van der Waals surface area contributed by atoms with Crippen molar-refractivity contribution in [3.8, 4) is 22.8 Å². The number of thioether (sulfide) groups is 1. The second-order valence-electron chi connectivity index (χ2n) is 11.2. The first-order chi connectivity index (χ1) is 22.0. The molecular formula is C34H35F3N6O2S. The van der Waals surface area contributed by atoms with E-state index in [0.717, 1.165) is 41.8 Å². The summed E-state index contributed by atoms with van der Waals surface area (Å²) in [5.41, 5.74) is 6.43. The minimum atomic E-state index is -4.75. The summed E-state index contributed by atoms with van der Waals surface area (Å²) in [7, 11) is 0. The van der Waals surface area contributed by atoms with Gasteiger partial charge in [0.05, 0.1) is 5.69 Å². The van der Waals surface area contributed by atoms with Crippen LogP contribution in [0, 0.1) is 6.92 Å². The summed E-state index contributed by atoms with van der Waals surface area (Å²) < 4.78 is 42.7. The molecule has 46 heavy (non-hydrogen) atoms. The number of benzene rings is 3. The fourth-order valence-corrected chi connectivity index (χ4v) is 6.41. The highest BCUT2D eigenvalue weighted by Gasteiger charge is 2.31. The zero-order chi connectivity index (χ0) is 32.8. The first-order valence-electron chi connectivity index (χ1n) is 15.0. The molecule has 2 amide bonds. The van der Waals surface area contributed by atoms with Crippen molar-refractivity contribution in [2.75, 3.05) is 10.7 Å². The molecule has 1 unspecified atom stereocenters. The molecule has 1 aliphatic rings. The van der Waals surface area contributed by atoms with E-state index in [2.05, 4.69) is 68.7 Å². The summed E-state index contributed by atoms with van der Waals surface area (Å²) in [6, 6.07) is 19.1. The summed E-state index contributed by atoms with van der Waals surface area (Å²) in [6.07, 6.45) is 0.191. The number of aryl methyl sites for hydroxylation is 2. The van der Waals surface area contributed by atoms with Gasteiger partial charge in [0.25, 0.3) is 0 Å². The molecule has 12 heteroatoms. The number of carbonyl (C=O) groups excluding carboxylic acids is 1. The van der Waals surface area contributed by atoms with Crippen LogP contribution in [0.2, 0.25) is 0 Å². The maximum atomic E-state index is 13.0. The predicted molar refractivity (Wildman–Crippen MR) is 177 cm³/mol. The Morgan fingerprint density at radius 2 is 1.83 bits per heavy atom. The average Bonchev–Trinajstić information content (AvgIpc) is 3.49. The number of rotatable bonds is 8. The van der Waals surface area contributed by atoms with Crippen molar-refractivity contribution in [1.82, 2.24) is 14.8 Å². The number of nitrogens with zero attached hydrogens (tertiary/aromatic N) is 6. The molecule has 0 saturated carbocycles. The number of aliphatic imine (C=N–C) groups is 2. The maximum absolute atomic E-state index is 13.0. The molecule has 240 valence electrons. The lowest BCUT2D eigenvalue weighted by molar-refractivity contribution is -0.274. The van der Waals surface area contributed by atoms with E-state index in [4.69, 9.17) is 0 Å². The molecule has 0 aliphatic carbocycles. The molecule has 0 spiro atoms. The number of hydrogen-bond donors (Lipinski definition) is 0. The molecule has 0 N–H and O–H groups in total. The Bertz CT molecular complexity index is 1730. The fourth-order valence-electron chi connectivity index (χ4n) is 5.21. The predicted octanol–water partition coefficient (Wildman–Crippen LogP) is 8.61. The highest BCUT2D eigenvalue weighted by molar-refractivity contribution is 8.14. The number of carbonyl (C=O) groups is 1. The summed E-state index contributed by atoms with van der Waals surface area (Å²) in [5, 5.41) is 5.13. The molecule has 0 radical (unpaired) electrons.